The number of pyridine rings is 1. The Hall–Kier alpha value is -5.16. The minimum absolute atomic E-state index is 0.00647. The predicted molar refractivity (Wildman–Crippen MR) is 199 cm³/mol. The second kappa shape index (κ2) is 12.5. The summed E-state index contributed by atoms with van der Waals surface area (Å²) in [5, 5.41) is 7.50. The topological polar surface area (TPSA) is 44.9 Å². The van der Waals surface area contributed by atoms with Crippen LogP contribution in [0.3, 0.4) is 0 Å². The van der Waals surface area contributed by atoms with E-state index in [0.717, 1.165) is 52.6 Å². The number of fused-ring (bicyclic) bond motifs is 3. The van der Waals surface area contributed by atoms with Crippen molar-refractivity contribution in [3.8, 4) is 34.1 Å². The SMILES string of the molecule is CCc1nn(-c2cccc(Oc3ccc4c5cc(C(C)C)ccc5n(-c5cc(C(C)(C)C)ccn5)c4c3)c2)c(CC)c1-c1ccccc1. The molecule has 242 valence electrons. The second-order valence-corrected chi connectivity index (χ2v) is 14.0. The Morgan fingerprint density at radius 2 is 1.52 bits per heavy atom. The highest BCUT2D eigenvalue weighted by atomic mass is 16.5. The Morgan fingerprint density at radius 1 is 0.729 bits per heavy atom. The van der Waals surface area contributed by atoms with Crippen molar-refractivity contribution < 1.29 is 4.74 Å². The van der Waals surface area contributed by atoms with Gasteiger partial charge in [-0.2, -0.15) is 5.10 Å². The van der Waals surface area contributed by atoms with Crippen LogP contribution in [0.15, 0.2) is 109 Å². The van der Waals surface area contributed by atoms with E-state index in [9.17, 15) is 0 Å². The van der Waals surface area contributed by atoms with Crippen LogP contribution in [-0.2, 0) is 18.3 Å². The van der Waals surface area contributed by atoms with E-state index in [4.69, 9.17) is 14.8 Å². The lowest BCUT2D eigenvalue weighted by atomic mass is 9.88. The lowest BCUT2D eigenvalue weighted by Crippen LogP contribution is -2.12. The number of rotatable bonds is 8. The maximum Gasteiger partial charge on any atom is 0.137 e. The number of nitrogens with zero attached hydrogens (tertiary/aromatic N) is 4. The van der Waals surface area contributed by atoms with Gasteiger partial charge in [0, 0.05) is 34.7 Å². The summed E-state index contributed by atoms with van der Waals surface area (Å²) in [5.74, 6) is 2.88. The van der Waals surface area contributed by atoms with Crippen molar-refractivity contribution in [2.45, 2.75) is 72.6 Å². The lowest BCUT2D eigenvalue weighted by molar-refractivity contribution is 0.482. The highest BCUT2D eigenvalue weighted by Crippen LogP contribution is 2.38. The molecule has 0 radical (unpaired) electrons. The van der Waals surface area contributed by atoms with Gasteiger partial charge in [-0.05, 0) is 89.4 Å². The van der Waals surface area contributed by atoms with Crippen molar-refractivity contribution in [3.05, 3.63) is 132 Å². The maximum absolute atomic E-state index is 6.62. The fourth-order valence-electron chi connectivity index (χ4n) is 6.74. The zero-order valence-corrected chi connectivity index (χ0v) is 29.1. The highest BCUT2D eigenvalue weighted by Gasteiger charge is 2.20. The molecule has 0 fully saturated rings. The third-order valence-electron chi connectivity index (χ3n) is 9.35. The zero-order chi connectivity index (χ0) is 33.6. The van der Waals surface area contributed by atoms with Gasteiger partial charge in [0.2, 0.25) is 0 Å². The number of hydrogen-bond acceptors (Lipinski definition) is 3. The molecule has 0 aliphatic rings. The number of hydrogen-bond donors (Lipinski definition) is 0. The van der Waals surface area contributed by atoms with E-state index < -0.39 is 0 Å². The Bertz CT molecular complexity index is 2250. The summed E-state index contributed by atoms with van der Waals surface area (Å²) in [5.41, 5.74) is 10.5. The first kappa shape index (κ1) is 31.4. The van der Waals surface area contributed by atoms with Gasteiger partial charge in [-0.15, -0.1) is 0 Å². The summed E-state index contributed by atoms with van der Waals surface area (Å²) < 4.78 is 11.0. The van der Waals surface area contributed by atoms with Crippen LogP contribution < -0.4 is 4.74 Å². The Kier molecular flexibility index (Phi) is 8.16. The van der Waals surface area contributed by atoms with Crippen LogP contribution in [0.5, 0.6) is 11.5 Å². The Morgan fingerprint density at radius 3 is 2.25 bits per heavy atom. The molecule has 7 rings (SSSR count). The second-order valence-electron chi connectivity index (χ2n) is 14.0. The monoisotopic (exact) mass is 632 g/mol. The van der Waals surface area contributed by atoms with Crippen LogP contribution in [0.1, 0.15) is 76.9 Å². The molecule has 3 aromatic heterocycles. The van der Waals surface area contributed by atoms with Crippen LogP contribution in [-0.4, -0.2) is 19.3 Å². The zero-order valence-electron chi connectivity index (χ0n) is 29.1. The van der Waals surface area contributed by atoms with Crippen molar-refractivity contribution in [1.82, 2.24) is 19.3 Å². The average molecular weight is 633 g/mol. The molecule has 0 aliphatic carbocycles. The fourth-order valence-corrected chi connectivity index (χ4v) is 6.74. The van der Waals surface area contributed by atoms with E-state index in [2.05, 4.69) is 149 Å². The average Bonchev–Trinajstić information content (AvgIpc) is 3.63. The largest absolute Gasteiger partial charge is 0.457 e. The molecule has 0 saturated carbocycles. The van der Waals surface area contributed by atoms with E-state index in [1.807, 2.05) is 18.3 Å². The predicted octanol–water partition coefficient (Wildman–Crippen LogP) is 11.4. The first-order chi connectivity index (χ1) is 23.2. The molecule has 7 aromatic rings. The molecule has 0 spiro atoms. The van der Waals surface area contributed by atoms with Crippen molar-refractivity contribution in [3.63, 3.8) is 0 Å². The maximum atomic E-state index is 6.62. The van der Waals surface area contributed by atoms with E-state index in [0.29, 0.717) is 5.92 Å². The van der Waals surface area contributed by atoms with Gasteiger partial charge >= 0.3 is 0 Å². The molecule has 0 N–H and O–H groups in total. The van der Waals surface area contributed by atoms with Crippen LogP contribution in [0.4, 0.5) is 0 Å². The summed E-state index contributed by atoms with van der Waals surface area (Å²) in [4.78, 5) is 4.88. The molecule has 0 atom stereocenters. The smallest absolute Gasteiger partial charge is 0.137 e. The molecular formula is C43H44N4O. The minimum Gasteiger partial charge on any atom is -0.457 e. The molecule has 4 aromatic carbocycles. The molecule has 0 unspecified atom stereocenters. The molecule has 5 heteroatoms. The number of benzene rings is 4. The highest BCUT2D eigenvalue weighted by molar-refractivity contribution is 6.09. The van der Waals surface area contributed by atoms with Crippen molar-refractivity contribution in [2.24, 2.45) is 0 Å². The summed E-state index contributed by atoms with van der Waals surface area (Å²) >= 11 is 0. The van der Waals surface area contributed by atoms with Crippen molar-refractivity contribution in [1.29, 1.82) is 0 Å². The molecule has 0 aliphatic heterocycles. The van der Waals surface area contributed by atoms with Gasteiger partial charge < -0.3 is 4.74 Å². The molecule has 0 bridgehead atoms. The first-order valence-corrected chi connectivity index (χ1v) is 17.2. The third kappa shape index (κ3) is 5.68. The Balaban J connectivity index is 1.33. The number of aromatic nitrogens is 4. The normalized spacial score (nSPS) is 12.0. The van der Waals surface area contributed by atoms with Gasteiger partial charge in [-0.25, -0.2) is 9.67 Å². The fraction of sp³-hybridized carbons (Fsp3) is 0.256. The molecule has 48 heavy (non-hydrogen) atoms. The molecule has 3 heterocycles. The van der Waals surface area contributed by atoms with Crippen molar-refractivity contribution >= 4 is 21.8 Å². The number of ether oxygens (including phenoxy) is 1. The summed E-state index contributed by atoms with van der Waals surface area (Å²) in [7, 11) is 0. The summed E-state index contributed by atoms with van der Waals surface area (Å²) in [6.45, 7) is 15.6. The van der Waals surface area contributed by atoms with E-state index in [1.165, 1.54) is 38.7 Å². The van der Waals surface area contributed by atoms with Gasteiger partial charge in [0.1, 0.15) is 17.3 Å². The first-order valence-electron chi connectivity index (χ1n) is 17.2. The van der Waals surface area contributed by atoms with E-state index in [-0.39, 0.29) is 5.41 Å². The van der Waals surface area contributed by atoms with Gasteiger partial charge in [-0.1, -0.05) is 90.9 Å². The van der Waals surface area contributed by atoms with Gasteiger partial charge in [0.05, 0.1) is 28.1 Å². The standard InChI is InChI=1S/C43H44N4O/c1-8-37-42(29-14-11-10-12-15-29)38(9-2)47(45-37)32-16-13-17-33(26-32)48-34-19-20-35-36-24-30(28(3)4)18-21-39(36)46(40(35)27-34)41-25-31(22-23-44-41)43(5,6)7/h10-28H,8-9H2,1-7H3. The van der Waals surface area contributed by atoms with Gasteiger partial charge in [0.25, 0.3) is 0 Å². The van der Waals surface area contributed by atoms with Gasteiger partial charge in [0.15, 0.2) is 0 Å². The summed E-state index contributed by atoms with van der Waals surface area (Å²) in [6, 6.07) is 36.4. The van der Waals surface area contributed by atoms with Crippen LogP contribution in [0.2, 0.25) is 0 Å². The Labute approximate surface area is 283 Å². The van der Waals surface area contributed by atoms with Crippen molar-refractivity contribution in [2.75, 3.05) is 0 Å². The minimum atomic E-state index is 0.00647. The van der Waals surface area contributed by atoms with Gasteiger partial charge in [-0.3, -0.25) is 4.57 Å². The third-order valence-corrected chi connectivity index (χ3v) is 9.35. The summed E-state index contributed by atoms with van der Waals surface area (Å²) in [6.07, 6.45) is 3.65. The lowest BCUT2D eigenvalue weighted by Gasteiger charge is -2.20. The quantitative estimate of drug-likeness (QED) is 0.167. The van der Waals surface area contributed by atoms with E-state index in [1.54, 1.807) is 0 Å². The van der Waals surface area contributed by atoms with Crippen LogP contribution in [0, 0.1) is 0 Å². The molecule has 0 amide bonds. The molecule has 5 nitrogen and oxygen atoms in total. The molecular weight excluding hydrogens is 589 g/mol. The van der Waals surface area contributed by atoms with E-state index >= 15 is 0 Å². The number of aryl methyl sites for hydroxylation is 1. The van der Waals surface area contributed by atoms with Crippen LogP contribution >= 0.6 is 0 Å². The van der Waals surface area contributed by atoms with Crippen LogP contribution in [0.25, 0.3) is 44.4 Å². The molecule has 0 saturated heterocycles.